The summed E-state index contributed by atoms with van der Waals surface area (Å²) in [6, 6.07) is 6.92. The number of sulfonamides is 1. The molecule has 26 heavy (non-hydrogen) atoms. The van der Waals surface area contributed by atoms with Crippen LogP contribution in [0.2, 0.25) is 0 Å². The summed E-state index contributed by atoms with van der Waals surface area (Å²) in [6.45, 7) is 10.9. The van der Waals surface area contributed by atoms with Crippen LogP contribution in [-0.2, 0) is 10.0 Å². The Balaban J connectivity index is 2.25. The van der Waals surface area contributed by atoms with Crippen LogP contribution in [-0.4, -0.2) is 48.7 Å². The SMILES string of the molecule is CCC(C)C(C)N(C(=O)c1ccc(S(=O)(=O)N(CC)CC)cc1)C1CC1. The number of carbonyl (C=O) groups is 1. The Bertz CT molecular complexity index is 707. The molecule has 1 saturated carbocycles. The van der Waals surface area contributed by atoms with E-state index < -0.39 is 10.0 Å². The van der Waals surface area contributed by atoms with Crippen molar-refractivity contribution in [3.05, 3.63) is 29.8 Å². The van der Waals surface area contributed by atoms with E-state index in [1.165, 1.54) is 4.31 Å². The molecule has 0 saturated heterocycles. The molecule has 146 valence electrons. The van der Waals surface area contributed by atoms with Gasteiger partial charge in [-0.15, -0.1) is 0 Å². The molecule has 0 heterocycles. The van der Waals surface area contributed by atoms with Crippen LogP contribution < -0.4 is 0 Å². The normalized spacial score (nSPS) is 17.2. The molecular formula is C20H32N2O3S. The van der Waals surface area contributed by atoms with Gasteiger partial charge in [0.1, 0.15) is 0 Å². The fourth-order valence-electron chi connectivity index (χ4n) is 3.28. The van der Waals surface area contributed by atoms with Crippen molar-refractivity contribution >= 4 is 15.9 Å². The molecule has 0 aliphatic heterocycles. The smallest absolute Gasteiger partial charge is 0.254 e. The lowest BCUT2D eigenvalue weighted by molar-refractivity contribution is 0.0615. The molecule has 1 aliphatic carbocycles. The predicted molar refractivity (Wildman–Crippen MR) is 105 cm³/mol. The maximum atomic E-state index is 13.1. The lowest BCUT2D eigenvalue weighted by Gasteiger charge is -2.33. The first-order valence-electron chi connectivity index (χ1n) is 9.70. The summed E-state index contributed by atoms with van der Waals surface area (Å²) in [5, 5.41) is 0. The van der Waals surface area contributed by atoms with Crippen molar-refractivity contribution in [2.75, 3.05) is 13.1 Å². The number of amides is 1. The largest absolute Gasteiger partial charge is 0.333 e. The molecule has 2 unspecified atom stereocenters. The molecule has 2 atom stereocenters. The number of benzene rings is 1. The van der Waals surface area contributed by atoms with E-state index in [1.807, 2.05) is 18.7 Å². The Morgan fingerprint density at radius 1 is 1.08 bits per heavy atom. The molecule has 1 fully saturated rings. The highest BCUT2D eigenvalue weighted by Crippen LogP contribution is 2.33. The monoisotopic (exact) mass is 380 g/mol. The Morgan fingerprint density at radius 3 is 2.04 bits per heavy atom. The highest BCUT2D eigenvalue weighted by molar-refractivity contribution is 7.89. The Hall–Kier alpha value is -1.40. The molecule has 1 aliphatic rings. The standard InChI is InChI=1S/C20H32N2O3S/c1-6-15(4)16(5)22(18-11-12-18)20(23)17-9-13-19(14-10-17)26(24,25)21(7-2)8-3/h9-10,13-16,18H,6-8,11-12H2,1-5H3. The van der Waals surface area contributed by atoms with Crippen LogP contribution in [0, 0.1) is 5.92 Å². The molecule has 0 aromatic heterocycles. The molecular weight excluding hydrogens is 348 g/mol. The minimum atomic E-state index is -3.49. The summed E-state index contributed by atoms with van der Waals surface area (Å²) in [4.78, 5) is 15.3. The van der Waals surface area contributed by atoms with E-state index in [1.54, 1.807) is 24.3 Å². The molecule has 1 amide bonds. The molecule has 5 nitrogen and oxygen atoms in total. The topological polar surface area (TPSA) is 57.7 Å². The van der Waals surface area contributed by atoms with Crippen LogP contribution in [0.5, 0.6) is 0 Å². The number of carbonyl (C=O) groups excluding carboxylic acids is 1. The van der Waals surface area contributed by atoms with Crippen molar-refractivity contribution in [3.8, 4) is 0 Å². The molecule has 0 radical (unpaired) electrons. The van der Waals surface area contributed by atoms with Crippen molar-refractivity contribution < 1.29 is 13.2 Å². The van der Waals surface area contributed by atoms with Gasteiger partial charge in [-0.05, 0) is 49.9 Å². The van der Waals surface area contributed by atoms with Crippen molar-refractivity contribution in [3.63, 3.8) is 0 Å². The second-order valence-electron chi connectivity index (χ2n) is 7.18. The summed E-state index contributed by atoms with van der Waals surface area (Å²) >= 11 is 0. The van der Waals surface area contributed by atoms with Crippen LogP contribution in [0.1, 0.15) is 64.2 Å². The van der Waals surface area contributed by atoms with Gasteiger partial charge in [0.2, 0.25) is 10.0 Å². The average molecular weight is 381 g/mol. The Labute approximate surface area is 158 Å². The van der Waals surface area contributed by atoms with Gasteiger partial charge in [-0.25, -0.2) is 8.42 Å². The van der Waals surface area contributed by atoms with Crippen LogP contribution >= 0.6 is 0 Å². The highest BCUT2D eigenvalue weighted by Gasteiger charge is 2.37. The van der Waals surface area contributed by atoms with Gasteiger partial charge in [0, 0.05) is 30.7 Å². The van der Waals surface area contributed by atoms with Crippen molar-refractivity contribution in [1.82, 2.24) is 9.21 Å². The summed E-state index contributed by atoms with van der Waals surface area (Å²) < 4.78 is 26.6. The van der Waals surface area contributed by atoms with Crippen molar-refractivity contribution in [2.45, 2.75) is 70.9 Å². The van der Waals surface area contributed by atoms with Gasteiger partial charge in [-0.2, -0.15) is 4.31 Å². The van der Waals surface area contributed by atoms with Gasteiger partial charge in [0.05, 0.1) is 4.90 Å². The summed E-state index contributed by atoms with van der Waals surface area (Å²) in [5.74, 6) is 0.439. The molecule has 2 rings (SSSR count). The van der Waals surface area contributed by atoms with E-state index >= 15 is 0 Å². The lowest BCUT2D eigenvalue weighted by atomic mass is 9.98. The molecule has 1 aromatic carbocycles. The molecule has 0 spiro atoms. The third kappa shape index (κ3) is 4.29. The van der Waals surface area contributed by atoms with Gasteiger partial charge in [-0.1, -0.05) is 34.1 Å². The van der Waals surface area contributed by atoms with Gasteiger partial charge < -0.3 is 4.90 Å². The minimum Gasteiger partial charge on any atom is -0.333 e. The number of hydrogen-bond donors (Lipinski definition) is 0. The third-order valence-corrected chi connectivity index (χ3v) is 7.59. The van der Waals surface area contributed by atoms with Gasteiger partial charge in [0.15, 0.2) is 0 Å². The second-order valence-corrected chi connectivity index (χ2v) is 9.12. The first kappa shape index (κ1) is 20.9. The van der Waals surface area contributed by atoms with Crippen LogP contribution in [0.3, 0.4) is 0 Å². The molecule has 6 heteroatoms. The zero-order chi connectivity index (χ0) is 19.5. The fraction of sp³-hybridized carbons (Fsp3) is 0.650. The number of nitrogens with zero attached hydrogens (tertiary/aromatic N) is 2. The first-order valence-corrected chi connectivity index (χ1v) is 11.1. The van der Waals surface area contributed by atoms with E-state index in [9.17, 15) is 13.2 Å². The van der Waals surface area contributed by atoms with E-state index in [0.29, 0.717) is 30.6 Å². The van der Waals surface area contributed by atoms with Crippen molar-refractivity contribution in [2.24, 2.45) is 5.92 Å². The summed E-state index contributed by atoms with van der Waals surface area (Å²) in [6.07, 6.45) is 3.14. The van der Waals surface area contributed by atoms with Crippen molar-refractivity contribution in [1.29, 1.82) is 0 Å². The van der Waals surface area contributed by atoms with Crippen LogP contribution in [0.4, 0.5) is 0 Å². The molecule has 0 bridgehead atoms. The fourth-order valence-corrected chi connectivity index (χ4v) is 4.74. The maximum absolute atomic E-state index is 13.1. The van der Waals surface area contributed by atoms with E-state index in [-0.39, 0.29) is 16.8 Å². The number of rotatable bonds is 9. The molecule has 1 aromatic rings. The predicted octanol–water partition coefficient (Wildman–Crippen LogP) is 3.76. The van der Waals surface area contributed by atoms with E-state index in [4.69, 9.17) is 0 Å². The zero-order valence-corrected chi connectivity index (χ0v) is 17.4. The van der Waals surface area contributed by atoms with Gasteiger partial charge in [-0.3, -0.25) is 4.79 Å². The van der Waals surface area contributed by atoms with Crippen LogP contribution in [0.25, 0.3) is 0 Å². The second kappa shape index (κ2) is 8.53. The zero-order valence-electron chi connectivity index (χ0n) is 16.6. The lowest BCUT2D eigenvalue weighted by Crippen LogP contribution is -2.43. The quantitative estimate of drug-likeness (QED) is 0.655. The van der Waals surface area contributed by atoms with E-state index in [0.717, 1.165) is 19.3 Å². The van der Waals surface area contributed by atoms with Gasteiger partial charge >= 0.3 is 0 Å². The Kier molecular flexibility index (Phi) is 6.86. The average Bonchev–Trinajstić information content (AvgIpc) is 3.46. The van der Waals surface area contributed by atoms with Gasteiger partial charge in [0.25, 0.3) is 5.91 Å². The Morgan fingerprint density at radius 2 is 1.62 bits per heavy atom. The molecule has 0 N–H and O–H groups in total. The third-order valence-electron chi connectivity index (χ3n) is 5.53. The highest BCUT2D eigenvalue weighted by atomic mass is 32.2. The number of hydrogen-bond acceptors (Lipinski definition) is 3. The van der Waals surface area contributed by atoms with Crippen LogP contribution in [0.15, 0.2) is 29.2 Å². The minimum absolute atomic E-state index is 0.00656. The summed E-state index contributed by atoms with van der Waals surface area (Å²) in [7, 11) is -3.49. The first-order chi connectivity index (χ1) is 12.3. The maximum Gasteiger partial charge on any atom is 0.254 e. The summed E-state index contributed by atoms with van der Waals surface area (Å²) in [5.41, 5.74) is 0.561. The van der Waals surface area contributed by atoms with E-state index in [2.05, 4.69) is 20.8 Å².